The van der Waals surface area contributed by atoms with E-state index in [1.54, 1.807) is 0 Å². The fourth-order valence-corrected chi connectivity index (χ4v) is 2.97. The van der Waals surface area contributed by atoms with Gasteiger partial charge in [0.1, 0.15) is 55.9 Å². The molecule has 0 unspecified atom stereocenters. The molecule has 164 valence electrons. The van der Waals surface area contributed by atoms with Crippen LogP contribution in [0.15, 0.2) is 0 Å². The molecule has 2 aliphatic heterocycles. The number of rotatable bonds is 7. The second-order valence-electron chi connectivity index (χ2n) is 6.31. The van der Waals surface area contributed by atoms with Gasteiger partial charge < -0.3 is 54.7 Å². The van der Waals surface area contributed by atoms with Gasteiger partial charge in [-0.3, -0.25) is 0 Å². The highest BCUT2D eigenvalue weighted by Gasteiger charge is 2.58. The summed E-state index contributed by atoms with van der Waals surface area (Å²) in [4.78, 5) is 9.84. The van der Waals surface area contributed by atoms with Crippen LogP contribution in [0.1, 0.15) is 0 Å². The van der Waals surface area contributed by atoms with E-state index >= 15 is 0 Å². The van der Waals surface area contributed by atoms with Gasteiger partial charge >= 0.3 is 5.97 Å². The first kappa shape index (κ1) is 23.9. The van der Waals surface area contributed by atoms with Crippen molar-refractivity contribution in [1.29, 1.82) is 0 Å². The lowest BCUT2D eigenvalue weighted by Gasteiger charge is -2.43. The molecule has 12 nitrogen and oxygen atoms in total. The maximum Gasteiger partial charge on any atom is 0.339 e. The Morgan fingerprint density at radius 2 is 1.64 bits per heavy atom. The highest BCUT2D eigenvalue weighted by molar-refractivity contribution is 6.52. The maximum absolute atomic E-state index is 11.3. The largest absolute Gasteiger partial charge is 0.461 e. The molecule has 9 atom stereocenters. The number of hydrogen-bond acceptors (Lipinski definition) is 12. The summed E-state index contributed by atoms with van der Waals surface area (Å²) < 4.78 is 20.4. The average Bonchev–Trinajstić information content (AvgIpc) is 2.92. The molecule has 2 heterocycles. The molecule has 0 aromatic heterocycles. The summed E-state index contributed by atoms with van der Waals surface area (Å²) in [6.07, 6.45) is -13.4. The summed E-state index contributed by atoms with van der Waals surface area (Å²) in [7, 11) is 0. The van der Waals surface area contributed by atoms with Gasteiger partial charge in [0.25, 0.3) is 0 Å². The molecule has 14 heteroatoms. The van der Waals surface area contributed by atoms with Gasteiger partial charge in [-0.15, -0.1) is 0 Å². The number of halogens is 2. The second kappa shape index (κ2) is 9.64. The van der Waals surface area contributed by atoms with Crippen LogP contribution in [0.5, 0.6) is 0 Å². The monoisotopic (exact) mass is 452 g/mol. The van der Waals surface area contributed by atoms with Crippen molar-refractivity contribution in [3.05, 3.63) is 0 Å². The molecule has 2 saturated heterocycles. The smallest absolute Gasteiger partial charge is 0.339 e. The second-order valence-corrected chi connectivity index (χ2v) is 7.40. The Hall–Kier alpha value is -0.350. The summed E-state index contributed by atoms with van der Waals surface area (Å²) in [6.45, 7) is -2.36. The molecule has 0 spiro atoms. The van der Waals surface area contributed by atoms with E-state index < -0.39 is 85.4 Å². The lowest BCUT2D eigenvalue weighted by Crippen LogP contribution is -2.63. The number of esters is 1. The SMILES string of the molecule is O=C(OC[C@H]1O[C@H](O[C@]2(CO)O[C@H](CO)[C@@H](O)[C@@H]2O)[C@H](O)[C@@H](O)[C@@H]1O)C(Cl)Cl. The van der Waals surface area contributed by atoms with Crippen molar-refractivity contribution in [3.63, 3.8) is 0 Å². The van der Waals surface area contributed by atoms with Crippen molar-refractivity contribution >= 4 is 29.2 Å². The molecule has 28 heavy (non-hydrogen) atoms. The standard InChI is InChI=1S/C14H22Cl2O12/c15-11(16)12(24)25-2-5-6(19)8(21)9(22)13(26-5)28-14(3-18)10(23)7(20)4(1-17)27-14/h4-11,13,17-23H,1-3H2/t4-,5-,6-,7-,8+,9-,10+,13-,14+/m1/s1. The minimum absolute atomic E-state index is 0.628. The molecule has 0 aromatic carbocycles. The molecule has 2 rings (SSSR count). The van der Waals surface area contributed by atoms with E-state index in [0.29, 0.717) is 0 Å². The van der Waals surface area contributed by atoms with Gasteiger partial charge in [0.05, 0.1) is 6.61 Å². The molecular formula is C14H22Cl2O12. The van der Waals surface area contributed by atoms with Crippen molar-refractivity contribution < 1.29 is 59.5 Å². The Morgan fingerprint density at radius 3 is 2.14 bits per heavy atom. The normalized spacial score (nSPS) is 44.1. The molecule has 2 fully saturated rings. The minimum Gasteiger partial charge on any atom is -0.461 e. The maximum atomic E-state index is 11.3. The van der Waals surface area contributed by atoms with E-state index in [0.717, 1.165) is 0 Å². The van der Waals surface area contributed by atoms with E-state index in [9.17, 15) is 35.4 Å². The lowest BCUT2D eigenvalue weighted by atomic mass is 9.99. The Kier molecular flexibility index (Phi) is 8.24. The van der Waals surface area contributed by atoms with Crippen LogP contribution in [0.4, 0.5) is 0 Å². The van der Waals surface area contributed by atoms with Gasteiger partial charge in [0, 0.05) is 0 Å². The molecule has 0 saturated carbocycles. The number of aliphatic hydroxyl groups is 7. The first-order valence-corrected chi connectivity index (χ1v) is 9.03. The van der Waals surface area contributed by atoms with Crippen LogP contribution in [0.3, 0.4) is 0 Å². The van der Waals surface area contributed by atoms with Crippen LogP contribution in [-0.4, -0.2) is 121 Å². The highest BCUT2D eigenvalue weighted by atomic mass is 35.5. The van der Waals surface area contributed by atoms with Crippen LogP contribution in [-0.2, 0) is 23.7 Å². The fraction of sp³-hybridized carbons (Fsp3) is 0.929. The van der Waals surface area contributed by atoms with Gasteiger partial charge in [0.2, 0.25) is 10.6 Å². The topological polar surface area (TPSA) is 196 Å². The van der Waals surface area contributed by atoms with Crippen LogP contribution < -0.4 is 0 Å². The molecular weight excluding hydrogens is 431 g/mol. The Bertz CT molecular complexity index is 538. The molecule has 0 bridgehead atoms. The molecule has 7 N–H and O–H groups in total. The molecule has 0 aromatic rings. The molecule has 0 amide bonds. The average molecular weight is 453 g/mol. The number of aliphatic hydroxyl groups excluding tert-OH is 7. The third kappa shape index (κ3) is 4.69. The quantitative estimate of drug-likeness (QED) is 0.146. The van der Waals surface area contributed by atoms with Crippen molar-refractivity contribution in [2.24, 2.45) is 0 Å². The summed E-state index contributed by atoms with van der Waals surface area (Å²) in [6, 6.07) is 0. The van der Waals surface area contributed by atoms with Gasteiger partial charge in [-0.05, 0) is 0 Å². The Balaban J connectivity index is 2.13. The van der Waals surface area contributed by atoms with Gasteiger partial charge in [-0.1, -0.05) is 23.2 Å². The minimum atomic E-state index is -2.31. The van der Waals surface area contributed by atoms with Crippen LogP contribution >= 0.6 is 23.2 Å². The predicted octanol–water partition coefficient (Wildman–Crippen LogP) is -4.04. The van der Waals surface area contributed by atoms with Crippen molar-refractivity contribution in [2.75, 3.05) is 19.8 Å². The zero-order chi connectivity index (χ0) is 21.2. The van der Waals surface area contributed by atoms with Crippen molar-refractivity contribution in [1.82, 2.24) is 0 Å². The Labute approximate surface area is 168 Å². The predicted molar refractivity (Wildman–Crippen MR) is 88.0 cm³/mol. The van der Waals surface area contributed by atoms with Crippen molar-refractivity contribution in [2.45, 2.75) is 59.6 Å². The van der Waals surface area contributed by atoms with Crippen molar-refractivity contribution in [3.8, 4) is 0 Å². The van der Waals surface area contributed by atoms with Crippen LogP contribution in [0.2, 0.25) is 0 Å². The zero-order valence-corrected chi connectivity index (χ0v) is 15.8. The molecule has 0 aliphatic carbocycles. The van der Waals surface area contributed by atoms with E-state index in [1.165, 1.54) is 0 Å². The summed E-state index contributed by atoms with van der Waals surface area (Å²) in [5, 5.41) is 68.8. The lowest BCUT2D eigenvalue weighted by molar-refractivity contribution is -0.383. The summed E-state index contributed by atoms with van der Waals surface area (Å²) in [5.74, 6) is -3.36. The number of alkyl halides is 2. The third-order valence-corrected chi connectivity index (χ3v) is 4.81. The summed E-state index contributed by atoms with van der Waals surface area (Å²) >= 11 is 10.7. The van der Waals surface area contributed by atoms with Gasteiger partial charge in [0.15, 0.2) is 6.29 Å². The number of carbonyl (C=O) groups is 1. The molecule has 2 aliphatic rings. The van der Waals surface area contributed by atoms with Crippen LogP contribution in [0, 0.1) is 0 Å². The van der Waals surface area contributed by atoms with E-state index in [2.05, 4.69) is 0 Å². The number of ether oxygens (including phenoxy) is 4. The first-order valence-electron chi connectivity index (χ1n) is 8.16. The van der Waals surface area contributed by atoms with Gasteiger partial charge in [-0.25, -0.2) is 4.79 Å². The van der Waals surface area contributed by atoms with E-state index in [-0.39, 0.29) is 0 Å². The summed E-state index contributed by atoms with van der Waals surface area (Å²) in [5.41, 5.74) is 0. The van der Waals surface area contributed by atoms with Crippen LogP contribution in [0.25, 0.3) is 0 Å². The fourth-order valence-electron chi connectivity index (χ4n) is 2.85. The third-order valence-electron chi connectivity index (χ3n) is 4.46. The molecule has 0 radical (unpaired) electrons. The first-order chi connectivity index (χ1) is 13.1. The number of hydrogen-bond donors (Lipinski definition) is 7. The van der Waals surface area contributed by atoms with E-state index in [1.807, 2.05) is 0 Å². The number of carbonyl (C=O) groups excluding carboxylic acids is 1. The zero-order valence-electron chi connectivity index (χ0n) is 14.2. The van der Waals surface area contributed by atoms with E-state index in [4.69, 9.17) is 47.3 Å². The Morgan fingerprint density at radius 1 is 1.00 bits per heavy atom. The highest BCUT2D eigenvalue weighted by Crippen LogP contribution is 2.36. The van der Waals surface area contributed by atoms with Gasteiger partial charge in [-0.2, -0.15) is 0 Å².